The van der Waals surface area contributed by atoms with Gasteiger partial charge in [-0.2, -0.15) is 4.98 Å². The van der Waals surface area contributed by atoms with Crippen LogP contribution < -0.4 is 10.1 Å². The van der Waals surface area contributed by atoms with Crippen LogP contribution in [0.5, 0.6) is 5.75 Å². The molecule has 1 fully saturated rings. The molecule has 2 aromatic carbocycles. The fourth-order valence-electron chi connectivity index (χ4n) is 3.11. The third-order valence-corrected chi connectivity index (χ3v) is 4.64. The van der Waals surface area contributed by atoms with Crippen molar-refractivity contribution in [2.24, 2.45) is 0 Å². The Morgan fingerprint density at radius 1 is 1.15 bits per heavy atom. The molecule has 0 saturated carbocycles. The predicted molar refractivity (Wildman–Crippen MR) is 98.7 cm³/mol. The van der Waals surface area contributed by atoms with Gasteiger partial charge in [0.05, 0.1) is 6.04 Å². The van der Waals surface area contributed by atoms with Gasteiger partial charge in [0, 0.05) is 30.8 Å². The van der Waals surface area contributed by atoms with E-state index < -0.39 is 0 Å². The van der Waals surface area contributed by atoms with Crippen LogP contribution in [0.1, 0.15) is 17.4 Å². The first-order valence-corrected chi connectivity index (χ1v) is 8.82. The summed E-state index contributed by atoms with van der Waals surface area (Å²) in [4.78, 5) is 6.90. The van der Waals surface area contributed by atoms with Crippen molar-refractivity contribution >= 4 is 0 Å². The van der Waals surface area contributed by atoms with Crippen LogP contribution in [0.3, 0.4) is 0 Å². The summed E-state index contributed by atoms with van der Waals surface area (Å²) in [7, 11) is 2.09. The second kappa shape index (κ2) is 7.68. The molecule has 1 aliphatic heterocycles. The zero-order chi connectivity index (χ0) is 17.8. The van der Waals surface area contributed by atoms with E-state index in [1.54, 1.807) is 0 Å². The molecule has 26 heavy (non-hydrogen) atoms. The van der Waals surface area contributed by atoms with Crippen LogP contribution in [-0.4, -0.2) is 41.7 Å². The molecule has 0 amide bonds. The van der Waals surface area contributed by atoms with Gasteiger partial charge in [0.15, 0.2) is 5.82 Å². The SMILES string of the molecule is CN1CCNCC1c1noc(-c2ccccc2COc2ccccc2)n1. The Hall–Kier alpha value is -2.70. The van der Waals surface area contributed by atoms with Crippen LogP contribution in [0.15, 0.2) is 59.1 Å². The lowest BCUT2D eigenvalue weighted by Crippen LogP contribution is -2.44. The number of nitrogens with zero attached hydrogens (tertiary/aromatic N) is 3. The lowest BCUT2D eigenvalue weighted by Gasteiger charge is -2.30. The summed E-state index contributed by atoms with van der Waals surface area (Å²) < 4.78 is 11.5. The monoisotopic (exact) mass is 350 g/mol. The van der Waals surface area contributed by atoms with E-state index in [1.165, 1.54) is 0 Å². The molecule has 1 unspecified atom stereocenters. The van der Waals surface area contributed by atoms with Gasteiger partial charge in [0.2, 0.25) is 0 Å². The van der Waals surface area contributed by atoms with E-state index in [1.807, 2.05) is 54.6 Å². The molecule has 0 aliphatic carbocycles. The third kappa shape index (κ3) is 3.61. The lowest BCUT2D eigenvalue weighted by molar-refractivity contribution is 0.190. The minimum Gasteiger partial charge on any atom is -0.489 e. The first kappa shape index (κ1) is 16.8. The highest BCUT2D eigenvalue weighted by molar-refractivity contribution is 5.58. The van der Waals surface area contributed by atoms with Crippen molar-refractivity contribution in [3.05, 3.63) is 66.0 Å². The van der Waals surface area contributed by atoms with Crippen LogP contribution in [0.25, 0.3) is 11.5 Å². The Kier molecular flexibility index (Phi) is 4.95. The van der Waals surface area contributed by atoms with E-state index in [-0.39, 0.29) is 6.04 Å². The number of nitrogens with one attached hydrogen (secondary N) is 1. The van der Waals surface area contributed by atoms with E-state index in [4.69, 9.17) is 9.26 Å². The van der Waals surface area contributed by atoms with Gasteiger partial charge in [-0.05, 0) is 25.2 Å². The van der Waals surface area contributed by atoms with E-state index in [0.717, 1.165) is 36.5 Å². The number of aromatic nitrogens is 2. The molecule has 1 atom stereocenters. The summed E-state index contributed by atoms with van der Waals surface area (Å²) in [5, 5.41) is 7.60. The van der Waals surface area contributed by atoms with Gasteiger partial charge < -0.3 is 14.6 Å². The second-order valence-corrected chi connectivity index (χ2v) is 6.42. The maximum atomic E-state index is 5.89. The maximum absolute atomic E-state index is 5.89. The van der Waals surface area contributed by atoms with Crippen molar-refractivity contribution in [1.29, 1.82) is 0 Å². The van der Waals surface area contributed by atoms with Gasteiger partial charge >= 0.3 is 0 Å². The molecule has 6 nitrogen and oxygen atoms in total. The fraction of sp³-hybridized carbons (Fsp3) is 0.300. The van der Waals surface area contributed by atoms with Gasteiger partial charge in [-0.1, -0.05) is 41.6 Å². The summed E-state index contributed by atoms with van der Waals surface area (Å²) in [5.74, 6) is 2.09. The first-order valence-electron chi connectivity index (χ1n) is 8.82. The Morgan fingerprint density at radius 2 is 1.96 bits per heavy atom. The van der Waals surface area contributed by atoms with Crippen LogP contribution >= 0.6 is 0 Å². The zero-order valence-corrected chi connectivity index (χ0v) is 14.8. The zero-order valence-electron chi connectivity index (χ0n) is 14.8. The maximum Gasteiger partial charge on any atom is 0.258 e. The number of rotatable bonds is 5. The number of benzene rings is 2. The number of hydrogen-bond donors (Lipinski definition) is 1. The number of ether oxygens (including phenoxy) is 1. The van der Waals surface area contributed by atoms with Gasteiger partial charge in [-0.3, -0.25) is 4.90 Å². The number of piperazine rings is 1. The predicted octanol–water partition coefficient (Wildman–Crippen LogP) is 2.89. The van der Waals surface area contributed by atoms with Crippen LogP contribution in [0.2, 0.25) is 0 Å². The second-order valence-electron chi connectivity index (χ2n) is 6.42. The van der Waals surface area contributed by atoms with E-state index >= 15 is 0 Å². The average Bonchev–Trinajstić information content (AvgIpc) is 3.17. The molecule has 0 radical (unpaired) electrons. The van der Waals surface area contributed by atoms with Crippen LogP contribution in [0.4, 0.5) is 0 Å². The largest absolute Gasteiger partial charge is 0.489 e. The summed E-state index contributed by atoms with van der Waals surface area (Å²) in [6.45, 7) is 3.23. The molecule has 134 valence electrons. The van der Waals surface area contributed by atoms with Crippen molar-refractivity contribution in [3.8, 4) is 17.2 Å². The topological polar surface area (TPSA) is 63.4 Å². The Balaban J connectivity index is 1.54. The molecule has 1 aliphatic rings. The molecule has 0 bridgehead atoms. The minimum atomic E-state index is 0.133. The molecule has 3 aromatic rings. The minimum absolute atomic E-state index is 0.133. The normalized spacial score (nSPS) is 18.0. The molecule has 1 N–H and O–H groups in total. The smallest absolute Gasteiger partial charge is 0.258 e. The summed E-state index contributed by atoms with van der Waals surface area (Å²) in [6.07, 6.45) is 0. The highest BCUT2D eigenvalue weighted by atomic mass is 16.5. The van der Waals surface area contributed by atoms with E-state index in [9.17, 15) is 0 Å². The number of para-hydroxylation sites is 1. The lowest BCUT2D eigenvalue weighted by atomic mass is 10.1. The van der Waals surface area contributed by atoms with Crippen molar-refractivity contribution in [1.82, 2.24) is 20.4 Å². The van der Waals surface area contributed by atoms with E-state index in [0.29, 0.717) is 18.3 Å². The van der Waals surface area contributed by atoms with Gasteiger partial charge in [-0.25, -0.2) is 0 Å². The molecule has 1 saturated heterocycles. The fourth-order valence-corrected chi connectivity index (χ4v) is 3.11. The van der Waals surface area contributed by atoms with Crippen LogP contribution in [-0.2, 0) is 6.61 Å². The third-order valence-electron chi connectivity index (χ3n) is 4.64. The highest BCUT2D eigenvalue weighted by Gasteiger charge is 2.26. The molecule has 2 heterocycles. The van der Waals surface area contributed by atoms with Crippen molar-refractivity contribution in [2.75, 3.05) is 26.7 Å². The first-order chi connectivity index (χ1) is 12.8. The van der Waals surface area contributed by atoms with Crippen molar-refractivity contribution in [3.63, 3.8) is 0 Å². The summed E-state index contributed by atoms with van der Waals surface area (Å²) in [5.41, 5.74) is 1.93. The Labute approximate surface area is 152 Å². The molecule has 6 heteroatoms. The number of likely N-dealkylation sites (N-methyl/N-ethyl adjacent to an activating group) is 1. The van der Waals surface area contributed by atoms with Gasteiger partial charge in [0.25, 0.3) is 5.89 Å². The number of hydrogen-bond acceptors (Lipinski definition) is 6. The molecule has 0 spiro atoms. The van der Waals surface area contributed by atoms with Crippen molar-refractivity contribution < 1.29 is 9.26 Å². The molecule has 1 aromatic heterocycles. The van der Waals surface area contributed by atoms with Crippen molar-refractivity contribution in [2.45, 2.75) is 12.6 Å². The standard InChI is InChI=1S/C20H22N4O2/c1-24-12-11-21-13-18(24)19-22-20(26-23-19)17-10-6-5-7-15(17)14-25-16-8-3-2-4-9-16/h2-10,18,21H,11-14H2,1H3. The Morgan fingerprint density at radius 3 is 2.81 bits per heavy atom. The van der Waals surface area contributed by atoms with Crippen LogP contribution in [0, 0.1) is 0 Å². The average molecular weight is 350 g/mol. The van der Waals surface area contributed by atoms with E-state index in [2.05, 4.69) is 27.4 Å². The Bertz CT molecular complexity index is 850. The van der Waals surface area contributed by atoms with Gasteiger partial charge in [-0.15, -0.1) is 0 Å². The molecular formula is C20H22N4O2. The highest BCUT2D eigenvalue weighted by Crippen LogP contribution is 2.26. The summed E-state index contributed by atoms with van der Waals surface area (Å²) in [6, 6.07) is 17.9. The molecular weight excluding hydrogens is 328 g/mol. The summed E-state index contributed by atoms with van der Waals surface area (Å²) >= 11 is 0. The quantitative estimate of drug-likeness (QED) is 0.763. The van der Waals surface area contributed by atoms with Gasteiger partial charge in [0.1, 0.15) is 12.4 Å². The molecule has 4 rings (SSSR count).